The third kappa shape index (κ3) is 4.91. The van der Waals surface area contributed by atoms with Crippen LogP contribution >= 0.6 is 0 Å². The van der Waals surface area contributed by atoms with E-state index in [0.29, 0.717) is 18.1 Å². The smallest absolute Gasteiger partial charge is 0.285 e. The summed E-state index contributed by atoms with van der Waals surface area (Å²) in [6.45, 7) is 1.75. The molecule has 1 aromatic carbocycles. The number of alkyl halides is 2. The van der Waals surface area contributed by atoms with Crippen molar-refractivity contribution in [3.05, 3.63) is 35.9 Å². The molecule has 17 heavy (non-hydrogen) atoms. The highest BCUT2D eigenvalue weighted by atomic mass is 32.2. The van der Waals surface area contributed by atoms with Crippen LogP contribution in [0.15, 0.2) is 30.3 Å². The van der Waals surface area contributed by atoms with Gasteiger partial charge in [0.1, 0.15) is 0 Å². The molecular weight excluding hydrogens is 244 g/mol. The number of benzene rings is 1. The summed E-state index contributed by atoms with van der Waals surface area (Å²) in [5.74, 6) is -1.90. The summed E-state index contributed by atoms with van der Waals surface area (Å²) in [6, 6.07) is 7.71. The van der Waals surface area contributed by atoms with Gasteiger partial charge in [-0.2, -0.15) is 8.78 Å². The molecule has 0 saturated carbocycles. The number of rotatable bonds is 7. The van der Waals surface area contributed by atoms with Gasteiger partial charge in [-0.1, -0.05) is 37.3 Å². The third-order valence-corrected chi connectivity index (χ3v) is 3.68. The summed E-state index contributed by atoms with van der Waals surface area (Å²) in [4.78, 5) is 0. The monoisotopic (exact) mass is 261 g/mol. The first-order valence-electron chi connectivity index (χ1n) is 5.55. The Morgan fingerprint density at radius 1 is 1.29 bits per heavy atom. The van der Waals surface area contributed by atoms with Gasteiger partial charge in [0.2, 0.25) is 0 Å². The fourth-order valence-electron chi connectivity index (χ4n) is 1.36. The Bertz CT molecular complexity index is 357. The highest BCUT2D eigenvalue weighted by molar-refractivity contribution is 7.84. The lowest BCUT2D eigenvalue weighted by Crippen LogP contribution is -2.33. The van der Waals surface area contributed by atoms with Crippen LogP contribution in [0.2, 0.25) is 0 Å². The van der Waals surface area contributed by atoms with Gasteiger partial charge in [-0.25, -0.2) is 0 Å². The number of hydrogen-bond acceptors (Lipinski definition) is 2. The van der Waals surface area contributed by atoms with Crippen LogP contribution in [0.4, 0.5) is 8.78 Å². The highest BCUT2D eigenvalue weighted by Crippen LogP contribution is 2.26. The lowest BCUT2D eigenvalue weighted by Gasteiger charge is -2.17. The van der Waals surface area contributed by atoms with Crippen molar-refractivity contribution in [1.82, 2.24) is 5.32 Å². The van der Waals surface area contributed by atoms with Crippen LogP contribution in [0.25, 0.3) is 0 Å². The Morgan fingerprint density at radius 3 is 2.53 bits per heavy atom. The van der Waals surface area contributed by atoms with Crippen LogP contribution in [-0.2, 0) is 16.7 Å². The minimum atomic E-state index is -2.88. The molecule has 1 atom stereocenters. The van der Waals surface area contributed by atoms with Crippen LogP contribution < -0.4 is 5.32 Å². The van der Waals surface area contributed by atoms with Crippen LogP contribution in [-0.4, -0.2) is 28.8 Å². The molecule has 0 spiro atoms. The van der Waals surface area contributed by atoms with Crippen molar-refractivity contribution in [2.75, 3.05) is 24.6 Å². The van der Waals surface area contributed by atoms with Crippen molar-refractivity contribution in [1.29, 1.82) is 0 Å². The van der Waals surface area contributed by atoms with Crippen molar-refractivity contribution in [2.45, 2.75) is 12.8 Å². The average Bonchev–Trinajstić information content (AvgIpc) is 2.35. The van der Waals surface area contributed by atoms with Crippen LogP contribution in [0, 0.1) is 0 Å². The number of halogens is 2. The molecule has 2 nitrogen and oxygen atoms in total. The topological polar surface area (TPSA) is 29.1 Å². The van der Waals surface area contributed by atoms with Gasteiger partial charge in [0.25, 0.3) is 5.92 Å². The van der Waals surface area contributed by atoms with Crippen LogP contribution in [0.1, 0.15) is 12.5 Å². The Labute approximate surface area is 103 Å². The molecule has 96 valence electrons. The molecule has 0 aliphatic heterocycles. The van der Waals surface area contributed by atoms with Crippen LogP contribution in [0.3, 0.4) is 0 Å². The molecule has 0 aliphatic carbocycles. The molecule has 1 N–H and O–H groups in total. The Balaban J connectivity index is 2.38. The zero-order valence-electron chi connectivity index (χ0n) is 9.79. The molecule has 0 saturated heterocycles. The molecule has 1 aromatic rings. The summed E-state index contributed by atoms with van der Waals surface area (Å²) >= 11 is 0. The molecule has 0 bridgehead atoms. The zero-order valence-corrected chi connectivity index (χ0v) is 10.6. The molecule has 1 rings (SSSR count). The second-order valence-electron chi connectivity index (χ2n) is 3.68. The number of hydrogen-bond donors (Lipinski definition) is 1. The molecule has 0 aliphatic rings. The van der Waals surface area contributed by atoms with Gasteiger partial charge in [-0.15, -0.1) is 0 Å². The van der Waals surface area contributed by atoms with Crippen molar-refractivity contribution < 1.29 is 13.0 Å². The fraction of sp³-hybridized carbons (Fsp3) is 0.500. The molecule has 0 fully saturated rings. The summed E-state index contributed by atoms with van der Waals surface area (Å²) in [5.41, 5.74) is 0.00381. The van der Waals surface area contributed by atoms with E-state index >= 15 is 0 Å². The van der Waals surface area contributed by atoms with E-state index in [4.69, 9.17) is 0 Å². The lowest BCUT2D eigenvalue weighted by atomic mass is 10.1. The first-order chi connectivity index (χ1) is 8.06. The zero-order chi connectivity index (χ0) is 12.7. The van der Waals surface area contributed by atoms with E-state index in [9.17, 15) is 13.0 Å². The maximum absolute atomic E-state index is 13.6. The van der Waals surface area contributed by atoms with Gasteiger partial charge >= 0.3 is 0 Å². The molecular formula is C12H17F2NOS. The van der Waals surface area contributed by atoms with E-state index in [-0.39, 0.29) is 5.56 Å². The van der Waals surface area contributed by atoms with Crippen molar-refractivity contribution in [3.8, 4) is 0 Å². The minimum absolute atomic E-state index is 0.00381. The SMILES string of the molecule is CCS(=O)CCNCC(F)(F)c1ccccc1. The lowest BCUT2D eigenvalue weighted by molar-refractivity contribution is -0.00254. The van der Waals surface area contributed by atoms with Crippen LogP contribution in [0.5, 0.6) is 0 Å². The Morgan fingerprint density at radius 2 is 1.94 bits per heavy atom. The highest BCUT2D eigenvalue weighted by Gasteiger charge is 2.30. The number of nitrogens with one attached hydrogen (secondary N) is 1. The van der Waals surface area contributed by atoms with Crippen molar-refractivity contribution in [3.63, 3.8) is 0 Å². The standard InChI is InChI=1S/C12H17F2NOS/c1-2-17(16)9-8-15-10-12(13,14)11-6-4-3-5-7-11/h3-7,15H,2,8-10H2,1H3. The summed E-state index contributed by atoms with van der Waals surface area (Å²) in [5, 5.41) is 2.65. The van der Waals surface area contributed by atoms with Gasteiger partial charge < -0.3 is 5.32 Å². The molecule has 5 heteroatoms. The quantitative estimate of drug-likeness (QED) is 0.762. The molecule has 0 aromatic heterocycles. The molecule has 1 unspecified atom stereocenters. The van der Waals surface area contributed by atoms with Gasteiger partial charge in [-0.05, 0) is 0 Å². The predicted molar refractivity (Wildman–Crippen MR) is 66.8 cm³/mol. The van der Waals surface area contributed by atoms with Gasteiger partial charge in [0.05, 0.1) is 6.54 Å². The largest absolute Gasteiger partial charge is 0.310 e. The van der Waals surface area contributed by atoms with Gasteiger partial charge in [0.15, 0.2) is 0 Å². The summed E-state index contributed by atoms with van der Waals surface area (Å²) in [6.07, 6.45) is 0. The Hall–Kier alpha value is -0.810. The van der Waals surface area contributed by atoms with E-state index in [0.717, 1.165) is 0 Å². The average molecular weight is 261 g/mol. The van der Waals surface area contributed by atoms with Crippen molar-refractivity contribution >= 4 is 10.8 Å². The molecule has 0 radical (unpaired) electrons. The normalized spacial score (nSPS) is 13.6. The van der Waals surface area contributed by atoms with E-state index in [1.54, 1.807) is 18.2 Å². The molecule has 0 heterocycles. The maximum Gasteiger partial charge on any atom is 0.285 e. The van der Waals surface area contributed by atoms with Crippen molar-refractivity contribution in [2.24, 2.45) is 0 Å². The predicted octanol–water partition coefficient (Wildman–Crippen LogP) is 2.14. The van der Waals surface area contributed by atoms with E-state index in [1.165, 1.54) is 12.1 Å². The third-order valence-electron chi connectivity index (χ3n) is 2.37. The molecule has 0 amide bonds. The second-order valence-corrected chi connectivity index (χ2v) is 5.55. The Kier molecular flexibility index (Phi) is 5.71. The van der Waals surface area contributed by atoms with Gasteiger partial charge in [-0.3, -0.25) is 4.21 Å². The first kappa shape index (κ1) is 14.3. The van der Waals surface area contributed by atoms with E-state index in [2.05, 4.69) is 5.32 Å². The minimum Gasteiger partial charge on any atom is -0.310 e. The first-order valence-corrected chi connectivity index (χ1v) is 7.04. The van der Waals surface area contributed by atoms with E-state index in [1.807, 2.05) is 6.92 Å². The van der Waals surface area contributed by atoms with E-state index < -0.39 is 23.3 Å². The maximum atomic E-state index is 13.6. The summed E-state index contributed by atoms with van der Waals surface area (Å²) in [7, 11) is -0.907. The van der Waals surface area contributed by atoms with Gasteiger partial charge in [0, 0.05) is 34.4 Å². The summed E-state index contributed by atoms with van der Waals surface area (Å²) < 4.78 is 38.3. The fourth-order valence-corrected chi connectivity index (χ4v) is 2.02. The second kappa shape index (κ2) is 6.81.